The van der Waals surface area contributed by atoms with E-state index >= 15 is 0 Å². The van der Waals surface area contributed by atoms with Gasteiger partial charge >= 0.3 is 5.97 Å². The van der Waals surface area contributed by atoms with Crippen molar-refractivity contribution in [2.24, 2.45) is 0 Å². The molecule has 0 aromatic carbocycles. The largest absolute Gasteiger partial charge is 0.481 e. The first kappa shape index (κ1) is 19.2. The van der Waals surface area contributed by atoms with Crippen LogP contribution in [-0.4, -0.2) is 64.4 Å². The molecule has 1 unspecified atom stereocenters. The standard InChI is InChI=1S/C21H27N3O4S/c25-17(26)11-13-1-6-16-18(13)19-20(22-12-23-21(19)29-16)28-15-4-2-14(3-5-15)24-7-9-27-10-8-24/h12-15H,1-11H2,(H,25,26). The maximum absolute atomic E-state index is 11.3. The van der Waals surface area contributed by atoms with Gasteiger partial charge < -0.3 is 14.6 Å². The molecule has 2 aromatic heterocycles. The number of carbonyl (C=O) groups is 1. The van der Waals surface area contributed by atoms with Gasteiger partial charge in [0, 0.05) is 24.0 Å². The molecule has 0 radical (unpaired) electrons. The molecular weight excluding hydrogens is 390 g/mol. The van der Waals surface area contributed by atoms with Crippen molar-refractivity contribution in [1.82, 2.24) is 14.9 Å². The monoisotopic (exact) mass is 417 g/mol. The molecule has 3 heterocycles. The Bertz CT molecular complexity index is 887. The molecule has 1 saturated heterocycles. The highest BCUT2D eigenvalue weighted by molar-refractivity contribution is 7.19. The number of rotatable bonds is 5. The van der Waals surface area contributed by atoms with E-state index in [-0.39, 0.29) is 18.4 Å². The SMILES string of the molecule is O=C(O)CC1CCc2sc3ncnc(OC4CCC(N5CCOCC5)CC4)c3c21. The normalized spacial score (nSPS) is 27.8. The van der Waals surface area contributed by atoms with Gasteiger partial charge in [0.15, 0.2) is 0 Å². The number of carboxylic acids is 1. The second-order valence-corrected chi connectivity index (χ2v) is 9.41. The van der Waals surface area contributed by atoms with Crippen molar-refractivity contribution >= 4 is 27.5 Å². The van der Waals surface area contributed by atoms with Gasteiger partial charge in [0.25, 0.3) is 0 Å². The molecule has 3 aliphatic rings. The van der Waals surface area contributed by atoms with Gasteiger partial charge in [0.1, 0.15) is 17.3 Å². The summed E-state index contributed by atoms with van der Waals surface area (Å²) in [5.41, 5.74) is 1.13. The molecule has 1 saturated carbocycles. The van der Waals surface area contributed by atoms with Crippen molar-refractivity contribution in [3.8, 4) is 5.88 Å². The summed E-state index contributed by atoms with van der Waals surface area (Å²) in [6.45, 7) is 3.76. The van der Waals surface area contributed by atoms with E-state index in [2.05, 4.69) is 14.9 Å². The van der Waals surface area contributed by atoms with Crippen LogP contribution in [0.15, 0.2) is 6.33 Å². The zero-order valence-corrected chi connectivity index (χ0v) is 17.3. The molecule has 1 atom stereocenters. The highest BCUT2D eigenvalue weighted by atomic mass is 32.1. The van der Waals surface area contributed by atoms with Crippen LogP contribution in [0.5, 0.6) is 5.88 Å². The predicted molar refractivity (Wildman–Crippen MR) is 110 cm³/mol. The lowest BCUT2D eigenvalue weighted by Crippen LogP contribution is -2.46. The summed E-state index contributed by atoms with van der Waals surface area (Å²) < 4.78 is 11.9. The van der Waals surface area contributed by atoms with E-state index in [1.54, 1.807) is 17.7 Å². The summed E-state index contributed by atoms with van der Waals surface area (Å²) in [6.07, 6.45) is 8.06. The Kier molecular flexibility index (Phi) is 5.41. The first-order chi connectivity index (χ1) is 14.2. The minimum atomic E-state index is -0.747. The van der Waals surface area contributed by atoms with E-state index in [9.17, 15) is 9.90 Å². The third-order valence-corrected chi connectivity index (χ3v) is 7.77. The van der Waals surface area contributed by atoms with Crippen LogP contribution in [0.1, 0.15) is 54.9 Å². The molecule has 7 nitrogen and oxygen atoms in total. The summed E-state index contributed by atoms with van der Waals surface area (Å²) in [6, 6.07) is 0.634. The Hall–Kier alpha value is -1.77. The summed E-state index contributed by atoms with van der Waals surface area (Å²) in [4.78, 5) is 25.0. The van der Waals surface area contributed by atoms with Crippen molar-refractivity contribution in [2.75, 3.05) is 26.3 Å². The lowest BCUT2D eigenvalue weighted by Gasteiger charge is -2.38. The van der Waals surface area contributed by atoms with Crippen molar-refractivity contribution in [2.45, 2.75) is 63.0 Å². The van der Waals surface area contributed by atoms with E-state index in [1.165, 1.54) is 4.88 Å². The second kappa shape index (κ2) is 8.16. The quantitative estimate of drug-likeness (QED) is 0.799. The maximum atomic E-state index is 11.3. The number of aryl methyl sites for hydroxylation is 1. The molecule has 2 aromatic rings. The summed E-state index contributed by atoms with van der Waals surface area (Å²) in [7, 11) is 0. The average molecular weight is 418 g/mol. The van der Waals surface area contributed by atoms with Gasteiger partial charge in [-0.1, -0.05) is 0 Å². The molecule has 156 valence electrons. The number of fused-ring (bicyclic) bond motifs is 3. The number of morpholine rings is 1. The third kappa shape index (κ3) is 3.85. The maximum Gasteiger partial charge on any atom is 0.303 e. The number of ether oxygens (including phenoxy) is 2. The Balaban J connectivity index is 1.32. The van der Waals surface area contributed by atoms with Gasteiger partial charge in [-0.05, 0) is 50.0 Å². The van der Waals surface area contributed by atoms with Gasteiger partial charge in [-0.3, -0.25) is 9.69 Å². The molecule has 2 fully saturated rings. The topological polar surface area (TPSA) is 84.8 Å². The van der Waals surface area contributed by atoms with E-state index in [1.807, 2.05) is 0 Å². The molecular formula is C21H27N3O4S. The Morgan fingerprint density at radius 3 is 2.76 bits per heavy atom. The average Bonchev–Trinajstić information content (AvgIpc) is 3.29. The molecule has 1 N–H and O–H groups in total. The molecule has 29 heavy (non-hydrogen) atoms. The van der Waals surface area contributed by atoms with Crippen LogP contribution in [0.4, 0.5) is 0 Å². The van der Waals surface area contributed by atoms with Crippen LogP contribution in [-0.2, 0) is 16.0 Å². The van der Waals surface area contributed by atoms with Crippen LogP contribution >= 0.6 is 11.3 Å². The Morgan fingerprint density at radius 2 is 2.00 bits per heavy atom. The van der Waals surface area contributed by atoms with E-state index < -0.39 is 5.97 Å². The first-order valence-corrected chi connectivity index (χ1v) is 11.5. The second-order valence-electron chi connectivity index (χ2n) is 8.33. The fourth-order valence-electron chi connectivity index (χ4n) is 5.17. The Labute approximate surface area is 174 Å². The molecule has 5 rings (SSSR count). The van der Waals surface area contributed by atoms with Crippen LogP contribution < -0.4 is 4.74 Å². The number of aromatic nitrogens is 2. The van der Waals surface area contributed by atoms with Crippen LogP contribution in [0.2, 0.25) is 0 Å². The fraction of sp³-hybridized carbons (Fsp3) is 0.667. The highest BCUT2D eigenvalue weighted by Gasteiger charge is 2.33. The lowest BCUT2D eigenvalue weighted by atomic mass is 9.91. The predicted octanol–water partition coefficient (Wildman–Crippen LogP) is 3.22. The molecule has 0 bridgehead atoms. The number of hydrogen-bond acceptors (Lipinski definition) is 7. The van der Waals surface area contributed by atoms with Crippen LogP contribution in [0.3, 0.4) is 0 Å². The van der Waals surface area contributed by atoms with Crippen molar-refractivity contribution < 1.29 is 19.4 Å². The molecule has 8 heteroatoms. The number of carboxylic acid groups (broad SMARTS) is 1. The number of hydrogen-bond donors (Lipinski definition) is 1. The number of nitrogens with zero attached hydrogens (tertiary/aromatic N) is 3. The van der Waals surface area contributed by atoms with Gasteiger partial charge in [-0.25, -0.2) is 9.97 Å². The van der Waals surface area contributed by atoms with Gasteiger partial charge in [-0.2, -0.15) is 0 Å². The van der Waals surface area contributed by atoms with E-state index in [4.69, 9.17) is 9.47 Å². The van der Waals surface area contributed by atoms with Crippen molar-refractivity contribution in [1.29, 1.82) is 0 Å². The van der Waals surface area contributed by atoms with Gasteiger partial charge in [-0.15, -0.1) is 11.3 Å². The van der Waals surface area contributed by atoms with Gasteiger partial charge in [0.2, 0.25) is 5.88 Å². The van der Waals surface area contributed by atoms with E-state index in [0.717, 1.165) is 80.6 Å². The molecule has 2 aliphatic carbocycles. The zero-order valence-electron chi connectivity index (χ0n) is 16.5. The molecule has 0 spiro atoms. The minimum absolute atomic E-state index is 0.0432. The third-order valence-electron chi connectivity index (χ3n) is 6.60. The van der Waals surface area contributed by atoms with Crippen molar-refractivity contribution in [3.63, 3.8) is 0 Å². The summed E-state index contributed by atoms with van der Waals surface area (Å²) >= 11 is 1.67. The summed E-state index contributed by atoms with van der Waals surface area (Å²) in [5.74, 6) is -0.0516. The fourth-order valence-corrected chi connectivity index (χ4v) is 6.40. The zero-order chi connectivity index (χ0) is 19.8. The number of thiophene rings is 1. The van der Waals surface area contributed by atoms with Crippen LogP contribution in [0, 0.1) is 0 Å². The first-order valence-electron chi connectivity index (χ1n) is 10.7. The smallest absolute Gasteiger partial charge is 0.303 e. The number of aliphatic carboxylic acids is 1. The minimum Gasteiger partial charge on any atom is -0.481 e. The van der Waals surface area contributed by atoms with Crippen molar-refractivity contribution in [3.05, 3.63) is 16.8 Å². The molecule has 0 amide bonds. The van der Waals surface area contributed by atoms with Crippen LogP contribution in [0.25, 0.3) is 10.2 Å². The van der Waals surface area contributed by atoms with Gasteiger partial charge in [0.05, 0.1) is 25.0 Å². The molecule has 1 aliphatic heterocycles. The highest BCUT2D eigenvalue weighted by Crippen LogP contribution is 2.47. The Morgan fingerprint density at radius 1 is 1.21 bits per heavy atom. The lowest BCUT2D eigenvalue weighted by molar-refractivity contribution is -0.137. The van der Waals surface area contributed by atoms with E-state index in [0.29, 0.717) is 11.9 Å². The summed E-state index contributed by atoms with van der Waals surface area (Å²) in [5, 5.41) is 10.3.